The van der Waals surface area contributed by atoms with Crippen molar-refractivity contribution < 1.29 is 19.1 Å². The summed E-state index contributed by atoms with van der Waals surface area (Å²) in [7, 11) is 1.58. The maximum atomic E-state index is 11.7. The highest BCUT2D eigenvalue weighted by Crippen LogP contribution is 2.15. The number of amides is 2. The normalized spacial score (nSPS) is 10.3. The van der Waals surface area contributed by atoms with Crippen LogP contribution < -0.4 is 20.3 Å². The summed E-state index contributed by atoms with van der Waals surface area (Å²) in [6.45, 7) is -0.204. The molecule has 0 fully saturated rings. The van der Waals surface area contributed by atoms with Crippen LogP contribution in [-0.2, 0) is 9.59 Å². The molecule has 0 aromatic heterocycles. The third-order valence-electron chi connectivity index (χ3n) is 3.05. The molecule has 0 unspecified atom stereocenters. The van der Waals surface area contributed by atoms with Crippen molar-refractivity contribution in [2.75, 3.05) is 13.7 Å². The number of hydrogen-bond acceptors (Lipinski definition) is 4. The van der Waals surface area contributed by atoms with E-state index in [4.69, 9.17) is 9.47 Å². The molecule has 0 spiro atoms. The standard InChI is InChI=1S/C18H17BrN2O4/c1-24-15-7-2-13(3-8-15)4-11-17(22)20-21-18(23)12-25-16-9-5-14(19)6-10-16/h2-11H,12H2,1H3,(H,20,22)(H,21,23). The van der Waals surface area contributed by atoms with E-state index in [-0.39, 0.29) is 6.61 Å². The Bertz CT molecular complexity index is 743. The topological polar surface area (TPSA) is 76.7 Å². The number of hydrazine groups is 1. The fourth-order valence-corrected chi connectivity index (χ4v) is 2.04. The molecule has 2 aromatic carbocycles. The highest BCUT2D eigenvalue weighted by Gasteiger charge is 2.04. The van der Waals surface area contributed by atoms with Gasteiger partial charge in [0.2, 0.25) is 0 Å². The minimum atomic E-state index is -0.464. The molecule has 0 aliphatic rings. The largest absolute Gasteiger partial charge is 0.497 e. The van der Waals surface area contributed by atoms with Crippen molar-refractivity contribution in [3.05, 3.63) is 64.6 Å². The van der Waals surface area contributed by atoms with Crippen LogP contribution in [-0.4, -0.2) is 25.5 Å². The fourth-order valence-electron chi connectivity index (χ4n) is 1.78. The smallest absolute Gasteiger partial charge is 0.276 e. The SMILES string of the molecule is COc1ccc(C=CC(=O)NNC(=O)COc2ccc(Br)cc2)cc1. The molecule has 2 amide bonds. The average Bonchev–Trinajstić information content (AvgIpc) is 2.64. The van der Waals surface area contributed by atoms with Crippen molar-refractivity contribution in [1.82, 2.24) is 10.9 Å². The number of halogens is 1. The first kappa shape index (κ1) is 18.5. The van der Waals surface area contributed by atoms with Gasteiger partial charge in [-0.15, -0.1) is 0 Å². The highest BCUT2D eigenvalue weighted by atomic mass is 79.9. The van der Waals surface area contributed by atoms with E-state index in [9.17, 15) is 9.59 Å². The zero-order chi connectivity index (χ0) is 18.1. The number of ether oxygens (including phenoxy) is 2. The predicted molar refractivity (Wildman–Crippen MR) is 98.0 cm³/mol. The Morgan fingerprint density at radius 2 is 1.64 bits per heavy atom. The summed E-state index contributed by atoms with van der Waals surface area (Å²) < 4.78 is 11.3. The van der Waals surface area contributed by atoms with E-state index >= 15 is 0 Å². The van der Waals surface area contributed by atoms with Gasteiger partial charge in [-0.1, -0.05) is 28.1 Å². The number of methoxy groups -OCH3 is 1. The summed E-state index contributed by atoms with van der Waals surface area (Å²) in [6.07, 6.45) is 2.94. The van der Waals surface area contributed by atoms with Crippen LogP contribution in [0.1, 0.15) is 5.56 Å². The third-order valence-corrected chi connectivity index (χ3v) is 3.58. The van der Waals surface area contributed by atoms with Crippen LogP contribution in [0.2, 0.25) is 0 Å². The molecule has 2 N–H and O–H groups in total. The summed E-state index contributed by atoms with van der Waals surface area (Å²) >= 11 is 3.31. The summed E-state index contributed by atoms with van der Waals surface area (Å²) in [5, 5.41) is 0. The summed E-state index contributed by atoms with van der Waals surface area (Å²) in [4.78, 5) is 23.3. The Labute approximate surface area is 153 Å². The van der Waals surface area contributed by atoms with Gasteiger partial charge in [0.1, 0.15) is 11.5 Å². The van der Waals surface area contributed by atoms with Gasteiger partial charge in [0, 0.05) is 10.5 Å². The molecule has 0 heterocycles. The second kappa shape index (κ2) is 9.48. The monoisotopic (exact) mass is 404 g/mol. The van der Waals surface area contributed by atoms with Gasteiger partial charge in [0.15, 0.2) is 6.61 Å². The van der Waals surface area contributed by atoms with Crippen LogP contribution in [0.25, 0.3) is 6.08 Å². The second-order valence-electron chi connectivity index (χ2n) is 4.89. The first-order valence-electron chi connectivity index (χ1n) is 7.36. The molecule has 130 valence electrons. The lowest BCUT2D eigenvalue weighted by atomic mass is 10.2. The predicted octanol–water partition coefficient (Wildman–Crippen LogP) is 2.70. The first-order valence-corrected chi connectivity index (χ1v) is 8.15. The van der Waals surface area contributed by atoms with E-state index in [0.717, 1.165) is 15.8 Å². The van der Waals surface area contributed by atoms with Gasteiger partial charge in [-0.3, -0.25) is 20.4 Å². The summed E-state index contributed by atoms with van der Waals surface area (Å²) in [6, 6.07) is 14.3. The van der Waals surface area contributed by atoms with Gasteiger partial charge in [-0.2, -0.15) is 0 Å². The molecule has 0 saturated carbocycles. The molecule has 0 atom stereocenters. The van der Waals surface area contributed by atoms with Crippen molar-refractivity contribution in [1.29, 1.82) is 0 Å². The van der Waals surface area contributed by atoms with Crippen molar-refractivity contribution in [3.63, 3.8) is 0 Å². The number of rotatable bonds is 6. The lowest BCUT2D eigenvalue weighted by Gasteiger charge is -2.07. The van der Waals surface area contributed by atoms with Gasteiger partial charge in [0.25, 0.3) is 11.8 Å². The van der Waals surface area contributed by atoms with Gasteiger partial charge in [0.05, 0.1) is 7.11 Å². The lowest BCUT2D eigenvalue weighted by molar-refractivity contribution is -0.128. The van der Waals surface area contributed by atoms with Crippen LogP contribution in [0.3, 0.4) is 0 Å². The maximum absolute atomic E-state index is 11.7. The molecule has 2 rings (SSSR count). The lowest BCUT2D eigenvalue weighted by Crippen LogP contribution is -2.43. The third kappa shape index (κ3) is 6.68. The number of carbonyl (C=O) groups is 2. The first-order chi connectivity index (χ1) is 12.1. The van der Waals surface area contributed by atoms with Crippen molar-refractivity contribution in [2.24, 2.45) is 0 Å². The molecule has 0 aliphatic heterocycles. The molecule has 2 aromatic rings. The van der Waals surface area contributed by atoms with Crippen molar-refractivity contribution >= 4 is 33.8 Å². The van der Waals surface area contributed by atoms with Crippen LogP contribution in [0, 0.1) is 0 Å². The van der Waals surface area contributed by atoms with Gasteiger partial charge in [-0.05, 0) is 48.0 Å². The van der Waals surface area contributed by atoms with Crippen LogP contribution in [0.15, 0.2) is 59.1 Å². The number of carbonyl (C=O) groups excluding carboxylic acids is 2. The number of benzene rings is 2. The highest BCUT2D eigenvalue weighted by molar-refractivity contribution is 9.10. The van der Waals surface area contributed by atoms with E-state index in [1.54, 1.807) is 49.6 Å². The van der Waals surface area contributed by atoms with Crippen LogP contribution >= 0.6 is 15.9 Å². The van der Waals surface area contributed by atoms with Crippen LogP contribution in [0.5, 0.6) is 11.5 Å². The Kier molecular flexibility index (Phi) is 7.03. The number of nitrogens with one attached hydrogen (secondary N) is 2. The zero-order valence-electron chi connectivity index (χ0n) is 13.5. The van der Waals surface area contributed by atoms with E-state index in [1.807, 2.05) is 12.1 Å². The zero-order valence-corrected chi connectivity index (χ0v) is 15.1. The van der Waals surface area contributed by atoms with Gasteiger partial charge < -0.3 is 9.47 Å². The van der Waals surface area contributed by atoms with Crippen molar-refractivity contribution in [2.45, 2.75) is 0 Å². The molecule has 7 heteroatoms. The number of hydrogen-bond donors (Lipinski definition) is 2. The summed E-state index contributed by atoms with van der Waals surface area (Å²) in [5.41, 5.74) is 5.39. The summed E-state index contributed by atoms with van der Waals surface area (Å²) in [5.74, 6) is 0.380. The van der Waals surface area contributed by atoms with Gasteiger partial charge in [-0.25, -0.2) is 0 Å². The Balaban J connectivity index is 1.72. The van der Waals surface area contributed by atoms with E-state index < -0.39 is 11.8 Å². The Morgan fingerprint density at radius 3 is 2.28 bits per heavy atom. The van der Waals surface area contributed by atoms with E-state index in [0.29, 0.717) is 5.75 Å². The quantitative estimate of drug-likeness (QED) is 0.573. The Morgan fingerprint density at radius 1 is 1.00 bits per heavy atom. The molecule has 0 bridgehead atoms. The Hall–Kier alpha value is -2.80. The second-order valence-corrected chi connectivity index (χ2v) is 5.80. The fraction of sp³-hybridized carbons (Fsp3) is 0.111. The van der Waals surface area contributed by atoms with E-state index in [2.05, 4.69) is 26.8 Å². The maximum Gasteiger partial charge on any atom is 0.276 e. The molecule has 6 nitrogen and oxygen atoms in total. The minimum absolute atomic E-state index is 0.204. The molecular formula is C18H17BrN2O4. The molecule has 0 saturated heterocycles. The minimum Gasteiger partial charge on any atom is -0.497 e. The van der Waals surface area contributed by atoms with E-state index in [1.165, 1.54) is 6.08 Å². The average molecular weight is 405 g/mol. The molecular weight excluding hydrogens is 388 g/mol. The molecule has 0 aliphatic carbocycles. The van der Waals surface area contributed by atoms with Crippen LogP contribution in [0.4, 0.5) is 0 Å². The van der Waals surface area contributed by atoms with Crippen molar-refractivity contribution in [3.8, 4) is 11.5 Å². The molecule has 0 radical (unpaired) electrons. The molecule has 25 heavy (non-hydrogen) atoms. The van der Waals surface area contributed by atoms with Gasteiger partial charge >= 0.3 is 0 Å².